The van der Waals surface area contributed by atoms with Crippen molar-refractivity contribution in [3.63, 3.8) is 0 Å². The number of carbonyl (C=O) groups is 1. The predicted octanol–water partition coefficient (Wildman–Crippen LogP) is 2.01. The number of nitrogens with one attached hydrogen (secondary N) is 1. The van der Waals surface area contributed by atoms with Crippen LogP contribution in [0.15, 0.2) is 12.1 Å². The van der Waals surface area contributed by atoms with Crippen molar-refractivity contribution in [2.24, 2.45) is 0 Å². The lowest BCUT2D eigenvalue weighted by molar-refractivity contribution is -0.383. The molecule has 1 amide bonds. The van der Waals surface area contributed by atoms with Crippen molar-refractivity contribution in [2.75, 3.05) is 26.0 Å². The summed E-state index contributed by atoms with van der Waals surface area (Å²) >= 11 is 1.40. The van der Waals surface area contributed by atoms with Crippen LogP contribution in [0, 0.1) is 17.0 Å². The van der Waals surface area contributed by atoms with Crippen LogP contribution < -0.4 is 5.32 Å². The van der Waals surface area contributed by atoms with Gasteiger partial charge in [0.1, 0.15) is 5.69 Å². The third-order valence-electron chi connectivity index (χ3n) is 2.74. The van der Waals surface area contributed by atoms with E-state index in [9.17, 15) is 14.9 Å². The summed E-state index contributed by atoms with van der Waals surface area (Å²) in [5.74, 6) is -0.158. The number of likely N-dealkylation sites (N-methyl/N-ethyl adjacent to an activating group) is 1. The second-order valence-corrected chi connectivity index (χ2v) is 5.70. The van der Waals surface area contributed by atoms with Gasteiger partial charge < -0.3 is 10.2 Å². The number of aromatic nitrogens is 1. The van der Waals surface area contributed by atoms with Gasteiger partial charge in [0.05, 0.1) is 26.7 Å². The van der Waals surface area contributed by atoms with Gasteiger partial charge in [-0.05, 0) is 13.0 Å². The van der Waals surface area contributed by atoms with Crippen molar-refractivity contribution in [2.45, 2.75) is 6.92 Å². The number of anilines is 1. The number of thiazole rings is 1. The smallest absolute Gasteiger partial charge is 0.293 e. The second kappa shape index (κ2) is 5.41. The Kier molecular flexibility index (Phi) is 3.84. The van der Waals surface area contributed by atoms with Gasteiger partial charge in [0.2, 0.25) is 5.91 Å². The number of hydrogen-bond acceptors (Lipinski definition) is 6. The molecule has 106 valence electrons. The molecule has 0 aliphatic heterocycles. The van der Waals surface area contributed by atoms with E-state index in [-0.39, 0.29) is 18.1 Å². The molecule has 0 radical (unpaired) electrons. The molecule has 0 saturated carbocycles. The lowest BCUT2D eigenvalue weighted by Gasteiger charge is -2.11. The Bertz CT molecular complexity index is 681. The van der Waals surface area contributed by atoms with E-state index >= 15 is 0 Å². The van der Waals surface area contributed by atoms with Crippen molar-refractivity contribution in [1.82, 2.24) is 9.88 Å². The van der Waals surface area contributed by atoms with Gasteiger partial charge in [0, 0.05) is 20.2 Å². The minimum atomic E-state index is -0.461. The lowest BCUT2D eigenvalue weighted by atomic mass is 10.2. The highest BCUT2D eigenvalue weighted by atomic mass is 32.1. The van der Waals surface area contributed by atoms with Gasteiger partial charge in [-0.3, -0.25) is 14.9 Å². The van der Waals surface area contributed by atoms with E-state index < -0.39 is 4.92 Å². The van der Waals surface area contributed by atoms with Crippen LogP contribution in [0.3, 0.4) is 0 Å². The zero-order valence-corrected chi connectivity index (χ0v) is 12.2. The summed E-state index contributed by atoms with van der Waals surface area (Å²) in [6.07, 6.45) is 0. The number of amides is 1. The van der Waals surface area contributed by atoms with Gasteiger partial charge in [0.15, 0.2) is 0 Å². The molecule has 8 heteroatoms. The van der Waals surface area contributed by atoms with Gasteiger partial charge in [0.25, 0.3) is 5.69 Å². The third kappa shape index (κ3) is 2.85. The number of carbonyl (C=O) groups excluding carboxylic acids is 1. The van der Waals surface area contributed by atoms with Crippen LogP contribution in [0.5, 0.6) is 0 Å². The minimum absolute atomic E-state index is 0.00245. The molecule has 0 aliphatic carbocycles. The highest BCUT2D eigenvalue weighted by Crippen LogP contribution is 2.32. The molecule has 1 aromatic heterocycles. The van der Waals surface area contributed by atoms with Crippen LogP contribution in [-0.4, -0.2) is 41.4 Å². The minimum Gasteiger partial charge on any atom is -0.370 e. The Hall–Kier alpha value is -2.22. The van der Waals surface area contributed by atoms with Crippen molar-refractivity contribution in [3.05, 3.63) is 27.3 Å². The lowest BCUT2D eigenvalue weighted by Crippen LogP contribution is -2.28. The molecule has 2 rings (SSSR count). The molecular weight excluding hydrogens is 280 g/mol. The Morgan fingerprint density at radius 1 is 1.50 bits per heavy atom. The zero-order chi connectivity index (χ0) is 14.9. The average molecular weight is 294 g/mol. The van der Waals surface area contributed by atoms with E-state index in [4.69, 9.17) is 0 Å². The van der Waals surface area contributed by atoms with E-state index in [0.29, 0.717) is 11.2 Å². The molecular formula is C12H14N4O3S. The summed E-state index contributed by atoms with van der Waals surface area (Å²) < 4.78 is 0.763. The Morgan fingerprint density at radius 3 is 2.80 bits per heavy atom. The van der Waals surface area contributed by atoms with Crippen molar-refractivity contribution in [1.29, 1.82) is 0 Å². The maximum atomic E-state index is 11.5. The van der Waals surface area contributed by atoms with E-state index in [0.717, 1.165) is 9.71 Å². The number of hydrogen-bond donors (Lipinski definition) is 1. The number of nitrogens with zero attached hydrogens (tertiary/aromatic N) is 3. The molecule has 0 spiro atoms. The van der Waals surface area contributed by atoms with Crippen molar-refractivity contribution < 1.29 is 9.72 Å². The third-order valence-corrected chi connectivity index (χ3v) is 3.67. The number of nitro benzene ring substituents is 1. The fourth-order valence-corrected chi connectivity index (χ4v) is 2.54. The first kappa shape index (κ1) is 14.2. The summed E-state index contributed by atoms with van der Waals surface area (Å²) in [6, 6.07) is 3.10. The number of fused-ring (bicyclic) bond motifs is 1. The Morgan fingerprint density at radius 2 is 2.20 bits per heavy atom. The van der Waals surface area contributed by atoms with Gasteiger partial charge in [-0.2, -0.15) is 0 Å². The van der Waals surface area contributed by atoms with Crippen LogP contribution in [0.25, 0.3) is 10.2 Å². The molecule has 0 saturated heterocycles. The predicted molar refractivity (Wildman–Crippen MR) is 78.2 cm³/mol. The van der Waals surface area contributed by atoms with Crippen molar-refractivity contribution >= 4 is 38.8 Å². The zero-order valence-electron chi connectivity index (χ0n) is 11.3. The maximum Gasteiger partial charge on any atom is 0.293 e. The molecule has 0 unspecified atom stereocenters. The fourth-order valence-electron chi connectivity index (χ4n) is 1.70. The Balaban J connectivity index is 2.36. The number of nitro groups is 1. The highest BCUT2D eigenvalue weighted by Gasteiger charge is 2.18. The van der Waals surface area contributed by atoms with E-state index in [2.05, 4.69) is 10.3 Å². The monoisotopic (exact) mass is 294 g/mol. The number of rotatable bonds is 4. The molecule has 7 nitrogen and oxygen atoms in total. The Labute approximate surface area is 119 Å². The second-order valence-electron chi connectivity index (χ2n) is 4.47. The largest absolute Gasteiger partial charge is 0.370 e. The average Bonchev–Trinajstić information content (AvgIpc) is 2.73. The molecule has 0 fully saturated rings. The fraction of sp³-hybridized carbons (Fsp3) is 0.333. The topological polar surface area (TPSA) is 88.4 Å². The molecule has 1 N–H and O–H groups in total. The molecule has 0 bridgehead atoms. The summed E-state index contributed by atoms with van der Waals surface area (Å²) in [5, 5.41) is 14.8. The summed E-state index contributed by atoms with van der Waals surface area (Å²) in [7, 11) is 3.26. The first-order valence-electron chi connectivity index (χ1n) is 5.88. The quantitative estimate of drug-likeness (QED) is 0.688. The van der Waals surface area contributed by atoms with E-state index in [1.807, 2.05) is 6.92 Å². The molecule has 0 atom stereocenters. The first-order valence-corrected chi connectivity index (χ1v) is 6.69. The van der Waals surface area contributed by atoms with Crippen LogP contribution in [0.2, 0.25) is 0 Å². The molecule has 1 heterocycles. The highest BCUT2D eigenvalue weighted by molar-refractivity contribution is 7.18. The molecule has 0 aliphatic rings. The van der Waals surface area contributed by atoms with Gasteiger partial charge in [-0.15, -0.1) is 11.3 Å². The van der Waals surface area contributed by atoms with Crippen LogP contribution >= 0.6 is 11.3 Å². The van der Waals surface area contributed by atoms with Gasteiger partial charge >= 0.3 is 0 Å². The van der Waals surface area contributed by atoms with Crippen molar-refractivity contribution in [3.8, 4) is 0 Å². The number of benzene rings is 1. The van der Waals surface area contributed by atoms with Crippen LogP contribution in [-0.2, 0) is 4.79 Å². The normalized spacial score (nSPS) is 10.6. The molecule has 20 heavy (non-hydrogen) atoms. The summed E-state index contributed by atoms with van der Waals surface area (Å²) in [5.41, 5.74) is 0.952. The van der Waals surface area contributed by atoms with E-state index in [1.54, 1.807) is 20.2 Å². The van der Waals surface area contributed by atoms with Crippen LogP contribution in [0.4, 0.5) is 11.4 Å². The standard InChI is InChI=1S/C12H14N4O3S/c1-7-14-9-4-8(13-6-12(17)15(2)3)10(16(18)19)5-11(9)20-7/h4-5,13H,6H2,1-3H3. The molecule has 1 aromatic carbocycles. The van der Waals surface area contributed by atoms with Crippen LogP contribution in [0.1, 0.15) is 5.01 Å². The van der Waals surface area contributed by atoms with E-state index in [1.165, 1.54) is 22.3 Å². The molecule has 2 aromatic rings. The summed E-state index contributed by atoms with van der Waals surface area (Å²) in [6.45, 7) is 1.85. The SMILES string of the molecule is Cc1nc2cc(NCC(=O)N(C)C)c([N+](=O)[O-])cc2s1. The maximum absolute atomic E-state index is 11.5. The van der Waals surface area contributed by atoms with Gasteiger partial charge in [-0.1, -0.05) is 0 Å². The number of aryl methyl sites for hydroxylation is 1. The van der Waals surface area contributed by atoms with Gasteiger partial charge in [-0.25, -0.2) is 4.98 Å². The first-order chi connectivity index (χ1) is 9.38. The summed E-state index contributed by atoms with van der Waals surface area (Å²) in [4.78, 5) is 27.9.